The van der Waals surface area contributed by atoms with Gasteiger partial charge in [-0.1, -0.05) is 0 Å². The molecule has 21 heavy (non-hydrogen) atoms. The standard InChI is InChI=1S/C13H19N3O4S/c1-10-9-20-8-7-16(10)13(17)11-3-5-12(6-4-11)15-21(18,19)14-2/h3-6,10,14-15H,7-9H2,1-2H3. The molecule has 1 heterocycles. The summed E-state index contributed by atoms with van der Waals surface area (Å²) >= 11 is 0. The summed E-state index contributed by atoms with van der Waals surface area (Å²) < 4.78 is 32.5. The highest BCUT2D eigenvalue weighted by molar-refractivity contribution is 7.90. The first-order valence-electron chi connectivity index (χ1n) is 6.63. The van der Waals surface area contributed by atoms with Crippen LogP contribution in [0, 0.1) is 0 Å². The molecule has 7 nitrogen and oxygen atoms in total. The first-order valence-corrected chi connectivity index (χ1v) is 8.11. The molecular weight excluding hydrogens is 294 g/mol. The lowest BCUT2D eigenvalue weighted by atomic mass is 10.1. The average Bonchev–Trinajstić information content (AvgIpc) is 2.47. The summed E-state index contributed by atoms with van der Waals surface area (Å²) in [5.74, 6) is -0.0752. The van der Waals surface area contributed by atoms with Crippen molar-refractivity contribution in [2.45, 2.75) is 13.0 Å². The quantitative estimate of drug-likeness (QED) is 0.843. The molecule has 1 aromatic rings. The van der Waals surface area contributed by atoms with Gasteiger partial charge in [0.25, 0.3) is 16.1 Å². The van der Waals surface area contributed by atoms with Gasteiger partial charge in [-0.2, -0.15) is 8.42 Å². The number of anilines is 1. The van der Waals surface area contributed by atoms with Gasteiger partial charge in [0.05, 0.1) is 19.3 Å². The van der Waals surface area contributed by atoms with Crippen molar-refractivity contribution >= 4 is 21.8 Å². The van der Waals surface area contributed by atoms with Gasteiger partial charge in [-0.25, -0.2) is 4.72 Å². The highest BCUT2D eigenvalue weighted by atomic mass is 32.2. The Bertz CT molecular complexity index is 600. The SMILES string of the molecule is CNS(=O)(=O)Nc1ccc(C(=O)N2CCOCC2C)cc1. The molecule has 2 N–H and O–H groups in total. The molecule has 1 amide bonds. The molecule has 0 bridgehead atoms. The lowest BCUT2D eigenvalue weighted by molar-refractivity contribution is 0.00359. The van der Waals surface area contributed by atoms with Crippen LogP contribution in [-0.2, 0) is 14.9 Å². The van der Waals surface area contributed by atoms with E-state index in [9.17, 15) is 13.2 Å². The first-order chi connectivity index (χ1) is 9.93. The third-order valence-corrected chi connectivity index (χ3v) is 4.32. The minimum absolute atomic E-state index is 0.0359. The van der Waals surface area contributed by atoms with Crippen LogP contribution in [-0.4, -0.2) is 52.1 Å². The number of ether oxygens (including phenoxy) is 1. The zero-order valence-electron chi connectivity index (χ0n) is 12.0. The second kappa shape index (κ2) is 6.42. The molecule has 0 aromatic heterocycles. The summed E-state index contributed by atoms with van der Waals surface area (Å²) in [7, 11) is -2.23. The molecule has 116 valence electrons. The van der Waals surface area contributed by atoms with Crippen molar-refractivity contribution in [2.24, 2.45) is 0 Å². The molecule has 2 rings (SSSR count). The van der Waals surface area contributed by atoms with Gasteiger partial charge < -0.3 is 9.64 Å². The molecule has 1 aromatic carbocycles. The number of amides is 1. The maximum Gasteiger partial charge on any atom is 0.298 e. The molecule has 0 spiro atoms. The fourth-order valence-corrected chi connectivity index (χ4v) is 2.63. The van der Waals surface area contributed by atoms with Gasteiger partial charge in [0, 0.05) is 24.8 Å². The van der Waals surface area contributed by atoms with Crippen LogP contribution in [0.5, 0.6) is 0 Å². The summed E-state index contributed by atoms with van der Waals surface area (Å²) in [6, 6.07) is 6.38. The number of nitrogens with one attached hydrogen (secondary N) is 2. The number of rotatable bonds is 4. The van der Waals surface area contributed by atoms with Gasteiger partial charge >= 0.3 is 0 Å². The van der Waals surface area contributed by atoms with Crippen LogP contribution in [0.15, 0.2) is 24.3 Å². The van der Waals surface area contributed by atoms with E-state index in [1.807, 2.05) is 6.92 Å². The largest absolute Gasteiger partial charge is 0.377 e. The Morgan fingerprint density at radius 1 is 1.33 bits per heavy atom. The Morgan fingerprint density at radius 3 is 2.57 bits per heavy atom. The van der Waals surface area contributed by atoms with Gasteiger partial charge in [0.15, 0.2) is 0 Å². The van der Waals surface area contributed by atoms with Gasteiger partial charge in [-0.3, -0.25) is 9.52 Å². The summed E-state index contributed by atoms with van der Waals surface area (Å²) in [6.45, 7) is 3.57. The number of carbonyl (C=O) groups is 1. The lowest BCUT2D eigenvalue weighted by Crippen LogP contribution is -2.47. The summed E-state index contributed by atoms with van der Waals surface area (Å²) in [6.07, 6.45) is 0. The lowest BCUT2D eigenvalue weighted by Gasteiger charge is -2.33. The van der Waals surface area contributed by atoms with E-state index < -0.39 is 10.2 Å². The van der Waals surface area contributed by atoms with E-state index in [0.717, 1.165) is 0 Å². The van der Waals surface area contributed by atoms with E-state index in [-0.39, 0.29) is 11.9 Å². The molecule has 1 fully saturated rings. The van der Waals surface area contributed by atoms with Crippen LogP contribution in [0.4, 0.5) is 5.69 Å². The van der Waals surface area contributed by atoms with Crippen molar-refractivity contribution in [1.82, 2.24) is 9.62 Å². The van der Waals surface area contributed by atoms with Gasteiger partial charge in [0.2, 0.25) is 0 Å². The van der Waals surface area contributed by atoms with Crippen molar-refractivity contribution in [3.8, 4) is 0 Å². The van der Waals surface area contributed by atoms with E-state index in [4.69, 9.17) is 4.74 Å². The fraction of sp³-hybridized carbons (Fsp3) is 0.462. The highest BCUT2D eigenvalue weighted by Gasteiger charge is 2.24. The summed E-state index contributed by atoms with van der Waals surface area (Å²) in [4.78, 5) is 14.1. The Labute approximate surface area is 124 Å². The molecule has 1 atom stereocenters. The zero-order valence-corrected chi connectivity index (χ0v) is 12.8. The van der Waals surface area contributed by atoms with E-state index in [0.29, 0.717) is 31.0 Å². The summed E-state index contributed by atoms with van der Waals surface area (Å²) in [5, 5.41) is 0. The predicted molar refractivity (Wildman–Crippen MR) is 79.4 cm³/mol. The molecule has 1 saturated heterocycles. The number of benzene rings is 1. The topological polar surface area (TPSA) is 87.7 Å². The first kappa shape index (κ1) is 15.7. The van der Waals surface area contributed by atoms with Crippen LogP contribution in [0.1, 0.15) is 17.3 Å². The second-order valence-corrected chi connectivity index (χ2v) is 6.43. The molecule has 0 saturated carbocycles. The van der Waals surface area contributed by atoms with E-state index in [1.165, 1.54) is 7.05 Å². The van der Waals surface area contributed by atoms with Crippen molar-refractivity contribution in [2.75, 3.05) is 31.5 Å². The van der Waals surface area contributed by atoms with Crippen molar-refractivity contribution in [3.63, 3.8) is 0 Å². The molecular formula is C13H19N3O4S. The smallest absolute Gasteiger partial charge is 0.298 e. The Kier molecular flexibility index (Phi) is 4.81. The maximum atomic E-state index is 12.4. The summed E-state index contributed by atoms with van der Waals surface area (Å²) in [5.41, 5.74) is 0.923. The molecule has 1 unspecified atom stereocenters. The van der Waals surface area contributed by atoms with Crippen LogP contribution in [0.2, 0.25) is 0 Å². The van der Waals surface area contributed by atoms with Crippen LogP contribution in [0.3, 0.4) is 0 Å². The Balaban J connectivity index is 2.09. The third kappa shape index (κ3) is 3.93. The highest BCUT2D eigenvalue weighted by Crippen LogP contribution is 2.15. The average molecular weight is 313 g/mol. The number of hydrogen-bond donors (Lipinski definition) is 2. The van der Waals surface area contributed by atoms with Gasteiger partial charge in [0.1, 0.15) is 0 Å². The van der Waals surface area contributed by atoms with Crippen LogP contribution >= 0.6 is 0 Å². The van der Waals surface area contributed by atoms with Gasteiger partial charge in [-0.05, 0) is 31.2 Å². The fourth-order valence-electron chi connectivity index (χ4n) is 2.08. The minimum Gasteiger partial charge on any atom is -0.377 e. The van der Waals surface area contributed by atoms with Crippen molar-refractivity contribution < 1.29 is 17.9 Å². The molecule has 8 heteroatoms. The number of morpholine rings is 1. The van der Waals surface area contributed by atoms with Crippen molar-refractivity contribution in [3.05, 3.63) is 29.8 Å². The zero-order chi connectivity index (χ0) is 15.5. The van der Waals surface area contributed by atoms with E-state index in [2.05, 4.69) is 9.44 Å². The van der Waals surface area contributed by atoms with Crippen LogP contribution < -0.4 is 9.44 Å². The molecule has 1 aliphatic rings. The predicted octanol–water partition coefficient (Wildman–Crippen LogP) is 0.424. The van der Waals surface area contributed by atoms with Crippen LogP contribution in [0.25, 0.3) is 0 Å². The second-order valence-electron chi connectivity index (χ2n) is 4.81. The normalized spacial score (nSPS) is 19.3. The number of hydrogen-bond acceptors (Lipinski definition) is 4. The Hall–Kier alpha value is -1.64. The molecule has 0 radical (unpaired) electrons. The molecule has 1 aliphatic heterocycles. The Morgan fingerprint density at radius 2 is 2.00 bits per heavy atom. The number of carbonyl (C=O) groups excluding carboxylic acids is 1. The minimum atomic E-state index is -3.55. The number of nitrogens with zero attached hydrogens (tertiary/aromatic N) is 1. The van der Waals surface area contributed by atoms with E-state index >= 15 is 0 Å². The molecule has 0 aliphatic carbocycles. The monoisotopic (exact) mass is 313 g/mol. The third-order valence-electron chi connectivity index (χ3n) is 3.28. The van der Waals surface area contributed by atoms with E-state index in [1.54, 1.807) is 29.2 Å². The maximum absolute atomic E-state index is 12.4. The van der Waals surface area contributed by atoms with Gasteiger partial charge in [-0.15, -0.1) is 0 Å². The van der Waals surface area contributed by atoms with Crippen molar-refractivity contribution in [1.29, 1.82) is 0 Å².